The number of rotatable bonds is 3. The average Bonchev–Trinajstić information content (AvgIpc) is 2.73. The number of fused-ring (bicyclic) bond motifs is 1. The van der Waals surface area contributed by atoms with Gasteiger partial charge in [0.1, 0.15) is 11.9 Å². The van der Waals surface area contributed by atoms with Gasteiger partial charge >= 0.3 is 0 Å². The van der Waals surface area contributed by atoms with Crippen LogP contribution in [0.15, 0.2) is 48.5 Å². The number of likely N-dealkylation sites (tertiary alicyclic amines) is 1. The van der Waals surface area contributed by atoms with Gasteiger partial charge in [0.15, 0.2) is 11.5 Å². The van der Waals surface area contributed by atoms with E-state index < -0.39 is 18.0 Å². The van der Waals surface area contributed by atoms with Crippen LogP contribution in [0.25, 0.3) is 0 Å². The summed E-state index contributed by atoms with van der Waals surface area (Å²) >= 11 is 0. The fraction of sp³-hybridized carbons (Fsp3) is 0.364. The van der Waals surface area contributed by atoms with E-state index in [-0.39, 0.29) is 23.4 Å². The summed E-state index contributed by atoms with van der Waals surface area (Å²) in [5.74, 6) is 0.115. The number of amides is 2. The van der Waals surface area contributed by atoms with Crippen LogP contribution in [0, 0.1) is 5.82 Å². The number of halogens is 1. The molecule has 1 N–H and O–H groups in total. The van der Waals surface area contributed by atoms with E-state index in [9.17, 15) is 14.0 Å². The molecule has 0 spiro atoms. The van der Waals surface area contributed by atoms with E-state index in [4.69, 9.17) is 9.47 Å². The Kier molecular flexibility index (Phi) is 5.38. The summed E-state index contributed by atoms with van der Waals surface area (Å²) in [7, 11) is 0. The standard InChI is InChI=1S/C22H23FN2O4/c1-14-20(29-19-9-5-4-8-18(19)28-14)21(26)24-15-10-12-25(13-11-15)22(27)16-6-2-3-7-17(16)23/h2-9,14-15,20H,10-13H2,1H3,(H,24,26)/t14-,20-/m1/s1. The van der Waals surface area contributed by atoms with Gasteiger partial charge in [-0.05, 0) is 44.0 Å². The molecule has 7 heteroatoms. The molecule has 1 fully saturated rings. The first kappa shape index (κ1) is 19.2. The van der Waals surface area contributed by atoms with Crippen molar-refractivity contribution in [1.29, 1.82) is 0 Å². The molecule has 0 aromatic heterocycles. The monoisotopic (exact) mass is 398 g/mol. The molecule has 2 aliphatic rings. The fourth-order valence-corrected chi connectivity index (χ4v) is 3.72. The van der Waals surface area contributed by atoms with Gasteiger partial charge in [0, 0.05) is 19.1 Å². The van der Waals surface area contributed by atoms with Crippen molar-refractivity contribution in [3.05, 3.63) is 59.9 Å². The van der Waals surface area contributed by atoms with Gasteiger partial charge in [0.2, 0.25) is 6.10 Å². The second-order valence-electron chi connectivity index (χ2n) is 7.36. The molecule has 2 aliphatic heterocycles. The molecule has 0 unspecified atom stereocenters. The third-order valence-corrected chi connectivity index (χ3v) is 5.33. The van der Waals surface area contributed by atoms with Gasteiger partial charge in [0.25, 0.3) is 11.8 Å². The Labute approximate surface area is 168 Å². The zero-order valence-electron chi connectivity index (χ0n) is 16.1. The van der Waals surface area contributed by atoms with Gasteiger partial charge in [0.05, 0.1) is 5.56 Å². The quantitative estimate of drug-likeness (QED) is 0.863. The molecule has 6 nitrogen and oxygen atoms in total. The Hall–Kier alpha value is -3.09. The van der Waals surface area contributed by atoms with E-state index in [1.54, 1.807) is 30.0 Å². The molecule has 4 rings (SSSR count). The molecule has 2 heterocycles. The van der Waals surface area contributed by atoms with Gasteiger partial charge in [-0.3, -0.25) is 9.59 Å². The molecule has 152 valence electrons. The van der Waals surface area contributed by atoms with Crippen molar-refractivity contribution in [3.63, 3.8) is 0 Å². The molecule has 0 aliphatic carbocycles. The third-order valence-electron chi connectivity index (χ3n) is 5.33. The van der Waals surface area contributed by atoms with Gasteiger partial charge in [-0.25, -0.2) is 4.39 Å². The van der Waals surface area contributed by atoms with Crippen molar-refractivity contribution in [1.82, 2.24) is 10.2 Å². The van der Waals surface area contributed by atoms with Gasteiger partial charge in [-0.2, -0.15) is 0 Å². The van der Waals surface area contributed by atoms with E-state index >= 15 is 0 Å². The highest BCUT2D eigenvalue weighted by Gasteiger charge is 2.35. The minimum absolute atomic E-state index is 0.0693. The minimum atomic E-state index is -0.733. The van der Waals surface area contributed by atoms with E-state index in [0.29, 0.717) is 37.4 Å². The Morgan fingerprint density at radius 2 is 1.62 bits per heavy atom. The maximum Gasteiger partial charge on any atom is 0.265 e. The summed E-state index contributed by atoms with van der Waals surface area (Å²) in [6.45, 7) is 2.72. The molecular weight excluding hydrogens is 375 g/mol. The smallest absolute Gasteiger partial charge is 0.265 e. The van der Waals surface area contributed by atoms with Crippen molar-refractivity contribution < 1.29 is 23.5 Å². The summed E-state index contributed by atoms with van der Waals surface area (Å²) in [4.78, 5) is 26.9. The number of benzene rings is 2. The molecule has 0 saturated carbocycles. The predicted octanol–water partition coefficient (Wildman–Crippen LogP) is 2.78. The van der Waals surface area contributed by atoms with E-state index in [1.807, 2.05) is 18.2 Å². The summed E-state index contributed by atoms with van der Waals surface area (Å²) in [5, 5.41) is 3.00. The van der Waals surface area contributed by atoms with E-state index in [0.717, 1.165) is 0 Å². The highest BCUT2D eigenvalue weighted by molar-refractivity contribution is 5.94. The largest absolute Gasteiger partial charge is 0.482 e. The lowest BCUT2D eigenvalue weighted by Crippen LogP contribution is -2.54. The van der Waals surface area contributed by atoms with Crippen LogP contribution in [0.3, 0.4) is 0 Å². The van der Waals surface area contributed by atoms with Crippen LogP contribution >= 0.6 is 0 Å². The van der Waals surface area contributed by atoms with Crippen LogP contribution in [0.5, 0.6) is 11.5 Å². The maximum atomic E-state index is 13.9. The lowest BCUT2D eigenvalue weighted by Gasteiger charge is -2.35. The number of piperidine rings is 1. The molecule has 2 aromatic rings. The first-order chi connectivity index (χ1) is 14.0. The first-order valence-corrected chi connectivity index (χ1v) is 9.79. The second kappa shape index (κ2) is 8.11. The number of hydrogen-bond donors (Lipinski definition) is 1. The lowest BCUT2D eigenvalue weighted by molar-refractivity contribution is -0.134. The van der Waals surface area contributed by atoms with Gasteiger partial charge < -0.3 is 19.7 Å². The number of nitrogens with zero attached hydrogens (tertiary/aromatic N) is 1. The highest BCUT2D eigenvalue weighted by Crippen LogP contribution is 2.33. The maximum absolute atomic E-state index is 13.9. The first-order valence-electron chi connectivity index (χ1n) is 9.79. The molecule has 1 saturated heterocycles. The molecule has 2 aromatic carbocycles. The fourth-order valence-electron chi connectivity index (χ4n) is 3.72. The summed E-state index contributed by atoms with van der Waals surface area (Å²) < 4.78 is 25.5. The Bertz CT molecular complexity index is 911. The van der Waals surface area contributed by atoms with Crippen LogP contribution in [0.2, 0.25) is 0 Å². The van der Waals surface area contributed by atoms with Gasteiger partial charge in [-0.15, -0.1) is 0 Å². The van der Waals surface area contributed by atoms with E-state index in [1.165, 1.54) is 12.1 Å². The number of para-hydroxylation sites is 2. The van der Waals surface area contributed by atoms with Crippen LogP contribution in [-0.2, 0) is 4.79 Å². The minimum Gasteiger partial charge on any atom is -0.482 e. The molecule has 29 heavy (non-hydrogen) atoms. The van der Waals surface area contributed by atoms with Crippen molar-refractivity contribution in [2.24, 2.45) is 0 Å². The Morgan fingerprint density at radius 3 is 2.31 bits per heavy atom. The highest BCUT2D eigenvalue weighted by atomic mass is 19.1. The number of carbonyl (C=O) groups excluding carboxylic acids is 2. The SMILES string of the molecule is C[C@H]1Oc2ccccc2O[C@H]1C(=O)NC1CCN(C(=O)c2ccccc2F)CC1. The zero-order chi connectivity index (χ0) is 20.4. The normalized spacial score (nSPS) is 21.5. The Morgan fingerprint density at radius 1 is 1.00 bits per heavy atom. The topological polar surface area (TPSA) is 67.9 Å². The molecular formula is C22H23FN2O4. The number of nitrogens with one attached hydrogen (secondary N) is 1. The van der Waals surface area contributed by atoms with Crippen molar-refractivity contribution in [3.8, 4) is 11.5 Å². The molecule has 0 radical (unpaired) electrons. The van der Waals surface area contributed by atoms with Crippen molar-refractivity contribution in [2.75, 3.05) is 13.1 Å². The summed E-state index contributed by atoms with van der Waals surface area (Å²) in [6, 6.07) is 13.2. The zero-order valence-corrected chi connectivity index (χ0v) is 16.1. The van der Waals surface area contributed by atoms with Crippen LogP contribution < -0.4 is 14.8 Å². The summed E-state index contributed by atoms with van der Waals surface area (Å²) in [6.07, 6.45) is 0.0604. The molecule has 2 amide bonds. The van der Waals surface area contributed by atoms with Gasteiger partial charge in [-0.1, -0.05) is 24.3 Å². The average molecular weight is 398 g/mol. The van der Waals surface area contributed by atoms with Crippen molar-refractivity contribution in [2.45, 2.75) is 38.0 Å². The number of hydrogen-bond acceptors (Lipinski definition) is 4. The Balaban J connectivity index is 1.32. The van der Waals surface area contributed by atoms with E-state index in [2.05, 4.69) is 5.32 Å². The van der Waals surface area contributed by atoms with Crippen LogP contribution in [-0.4, -0.2) is 48.1 Å². The second-order valence-corrected chi connectivity index (χ2v) is 7.36. The molecule has 2 atom stereocenters. The number of carbonyl (C=O) groups is 2. The molecule has 0 bridgehead atoms. The van der Waals surface area contributed by atoms with Crippen LogP contribution in [0.4, 0.5) is 4.39 Å². The lowest BCUT2D eigenvalue weighted by atomic mass is 10.0. The number of ether oxygens (including phenoxy) is 2. The third kappa shape index (κ3) is 4.04. The van der Waals surface area contributed by atoms with Crippen molar-refractivity contribution >= 4 is 11.8 Å². The predicted molar refractivity (Wildman–Crippen MR) is 104 cm³/mol. The van der Waals surface area contributed by atoms with Crippen LogP contribution in [0.1, 0.15) is 30.1 Å². The summed E-state index contributed by atoms with van der Waals surface area (Å²) in [5.41, 5.74) is 0.0789.